The standard InChI is InChI=1S/C17H21FN4O3S/c1-20-13-15(12-19-20)26(24,25)22-8-4-7-21(9-10-22)17(23)11-14-5-2-3-6-16(14)18/h2-3,5-6,12-13H,4,7-11H2,1H3. The molecule has 0 N–H and O–H groups in total. The molecule has 1 saturated heterocycles. The van der Waals surface area contributed by atoms with Gasteiger partial charge in [0.15, 0.2) is 0 Å². The van der Waals surface area contributed by atoms with Gasteiger partial charge < -0.3 is 4.90 Å². The lowest BCUT2D eigenvalue weighted by molar-refractivity contribution is -0.130. The van der Waals surface area contributed by atoms with E-state index in [0.717, 1.165) is 0 Å². The number of rotatable bonds is 4. The van der Waals surface area contributed by atoms with Crippen LogP contribution >= 0.6 is 0 Å². The minimum absolute atomic E-state index is 0.0258. The molecule has 140 valence electrons. The molecule has 1 aromatic carbocycles. The van der Waals surface area contributed by atoms with Crippen molar-refractivity contribution in [2.75, 3.05) is 26.2 Å². The van der Waals surface area contributed by atoms with Crippen LogP contribution in [0.3, 0.4) is 0 Å². The number of nitrogens with zero attached hydrogens (tertiary/aromatic N) is 4. The summed E-state index contributed by atoms with van der Waals surface area (Å²) in [5.41, 5.74) is 0.349. The van der Waals surface area contributed by atoms with Gasteiger partial charge >= 0.3 is 0 Å². The van der Waals surface area contributed by atoms with E-state index in [4.69, 9.17) is 0 Å². The second-order valence-electron chi connectivity index (χ2n) is 6.26. The summed E-state index contributed by atoms with van der Waals surface area (Å²) in [5, 5.41) is 3.91. The van der Waals surface area contributed by atoms with E-state index in [2.05, 4.69) is 5.10 Å². The molecule has 0 spiro atoms. The van der Waals surface area contributed by atoms with Crippen LogP contribution in [0.5, 0.6) is 0 Å². The Labute approximate surface area is 152 Å². The van der Waals surface area contributed by atoms with Crippen LogP contribution in [0.2, 0.25) is 0 Å². The molecule has 1 aliphatic heterocycles. The number of sulfonamides is 1. The van der Waals surface area contributed by atoms with Gasteiger partial charge in [-0.3, -0.25) is 9.48 Å². The quantitative estimate of drug-likeness (QED) is 0.794. The molecule has 0 bridgehead atoms. The third-order valence-electron chi connectivity index (χ3n) is 4.43. The number of halogens is 1. The number of aromatic nitrogens is 2. The van der Waals surface area contributed by atoms with Gasteiger partial charge in [0.05, 0.1) is 12.6 Å². The van der Waals surface area contributed by atoms with E-state index in [-0.39, 0.29) is 30.3 Å². The Bertz CT molecular complexity index is 897. The second kappa shape index (κ2) is 7.55. The maximum Gasteiger partial charge on any atom is 0.246 e. The monoisotopic (exact) mass is 380 g/mol. The lowest BCUT2D eigenvalue weighted by atomic mass is 10.1. The molecule has 3 rings (SSSR count). The van der Waals surface area contributed by atoms with Gasteiger partial charge in [0.2, 0.25) is 15.9 Å². The van der Waals surface area contributed by atoms with E-state index in [0.29, 0.717) is 25.1 Å². The Morgan fingerprint density at radius 2 is 1.96 bits per heavy atom. The van der Waals surface area contributed by atoms with E-state index in [1.807, 2.05) is 0 Å². The molecule has 7 nitrogen and oxygen atoms in total. The van der Waals surface area contributed by atoms with Gasteiger partial charge in [0, 0.05) is 39.4 Å². The molecule has 2 heterocycles. The maximum atomic E-state index is 13.7. The molecule has 2 aromatic rings. The Kier molecular flexibility index (Phi) is 5.38. The van der Waals surface area contributed by atoms with E-state index in [1.165, 1.54) is 27.4 Å². The Morgan fingerprint density at radius 3 is 2.65 bits per heavy atom. The zero-order valence-electron chi connectivity index (χ0n) is 14.5. The summed E-state index contributed by atoms with van der Waals surface area (Å²) < 4.78 is 41.9. The highest BCUT2D eigenvalue weighted by Crippen LogP contribution is 2.17. The molecule has 1 amide bonds. The first-order valence-corrected chi connectivity index (χ1v) is 9.82. The summed E-state index contributed by atoms with van der Waals surface area (Å²) in [5.74, 6) is -0.604. The van der Waals surface area contributed by atoms with Crippen LogP contribution < -0.4 is 0 Å². The first kappa shape index (κ1) is 18.5. The fourth-order valence-electron chi connectivity index (χ4n) is 2.98. The van der Waals surface area contributed by atoms with Crippen LogP contribution in [0.1, 0.15) is 12.0 Å². The molecule has 26 heavy (non-hydrogen) atoms. The fraction of sp³-hybridized carbons (Fsp3) is 0.412. The summed E-state index contributed by atoms with van der Waals surface area (Å²) in [4.78, 5) is 14.2. The first-order valence-electron chi connectivity index (χ1n) is 8.38. The number of hydrogen-bond acceptors (Lipinski definition) is 4. The highest BCUT2D eigenvalue weighted by atomic mass is 32.2. The Morgan fingerprint density at radius 1 is 1.19 bits per heavy atom. The zero-order chi connectivity index (χ0) is 18.7. The van der Waals surface area contributed by atoms with Crippen molar-refractivity contribution in [3.63, 3.8) is 0 Å². The lowest BCUT2D eigenvalue weighted by Gasteiger charge is -2.21. The van der Waals surface area contributed by atoms with E-state index in [9.17, 15) is 17.6 Å². The van der Waals surface area contributed by atoms with Crippen LogP contribution in [0.25, 0.3) is 0 Å². The summed E-state index contributed by atoms with van der Waals surface area (Å²) in [7, 11) is -1.97. The van der Waals surface area contributed by atoms with Gasteiger partial charge in [-0.2, -0.15) is 9.40 Å². The average molecular weight is 380 g/mol. The van der Waals surface area contributed by atoms with Crippen LogP contribution in [0.4, 0.5) is 4.39 Å². The predicted octanol–water partition coefficient (Wildman–Crippen LogP) is 1.02. The number of benzene rings is 1. The predicted molar refractivity (Wildman–Crippen MR) is 93.3 cm³/mol. The van der Waals surface area contributed by atoms with Gasteiger partial charge in [-0.25, -0.2) is 12.8 Å². The number of hydrogen-bond donors (Lipinski definition) is 0. The van der Waals surface area contributed by atoms with Gasteiger partial charge in [-0.1, -0.05) is 18.2 Å². The summed E-state index contributed by atoms with van der Waals surface area (Å²) >= 11 is 0. The highest BCUT2D eigenvalue weighted by molar-refractivity contribution is 7.89. The van der Waals surface area contributed by atoms with Crippen molar-refractivity contribution in [1.29, 1.82) is 0 Å². The average Bonchev–Trinajstić information content (AvgIpc) is 2.90. The molecule has 0 atom stereocenters. The van der Waals surface area contributed by atoms with Gasteiger partial charge in [0.1, 0.15) is 10.7 Å². The van der Waals surface area contributed by atoms with Gasteiger partial charge in [0.25, 0.3) is 0 Å². The second-order valence-corrected chi connectivity index (χ2v) is 8.19. The zero-order valence-corrected chi connectivity index (χ0v) is 15.3. The fourth-order valence-corrected chi connectivity index (χ4v) is 4.44. The van der Waals surface area contributed by atoms with Crippen molar-refractivity contribution in [3.8, 4) is 0 Å². The third-order valence-corrected chi connectivity index (χ3v) is 6.28. The van der Waals surface area contributed by atoms with E-state index in [1.54, 1.807) is 30.1 Å². The number of aryl methyl sites for hydroxylation is 1. The summed E-state index contributed by atoms with van der Waals surface area (Å²) in [6.45, 7) is 1.28. The largest absolute Gasteiger partial charge is 0.341 e. The van der Waals surface area contributed by atoms with Crippen molar-refractivity contribution >= 4 is 15.9 Å². The highest BCUT2D eigenvalue weighted by Gasteiger charge is 2.29. The summed E-state index contributed by atoms with van der Waals surface area (Å²) in [6, 6.07) is 6.18. The van der Waals surface area contributed by atoms with Crippen molar-refractivity contribution in [2.24, 2.45) is 7.05 Å². The van der Waals surface area contributed by atoms with E-state index < -0.39 is 15.8 Å². The van der Waals surface area contributed by atoms with Crippen molar-refractivity contribution < 1.29 is 17.6 Å². The lowest BCUT2D eigenvalue weighted by Crippen LogP contribution is -2.38. The molecule has 0 unspecified atom stereocenters. The molecule has 1 fully saturated rings. The molecule has 0 aliphatic carbocycles. The summed E-state index contributed by atoms with van der Waals surface area (Å²) in [6.07, 6.45) is 3.28. The minimum Gasteiger partial charge on any atom is -0.341 e. The van der Waals surface area contributed by atoms with Gasteiger partial charge in [-0.15, -0.1) is 0 Å². The molecule has 0 saturated carbocycles. The topological polar surface area (TPSA) is 75.5 Å². The normalized spacial score (nSPS) is 16.5. The van der Waals surface area contributed by atoms with Crippen LogP contribution in [-0.2, 0) is 28.3 Å². The first-order chi connectivity index (χ1) is 12.4. The Hall–Kier alpha value is -2.26. The molecular formula is C17H21FN4O3S. The number of carbonyl (C=O) groups excluding carboxylic acids is 1. The maximum absolute atomic E-state index is 13.7. The smallest absolute Gasteiger partial charge is 0.246 e. The number of carbonyl (C=O) groups is 1. The molecular weight excluding hydrogens is 359 g/mol. The molecule has 1 aromatic heterocycles. The molecule has 0 radical (unpaired) electrons. The van der Waals surface area contributed by atoms with E-state index >= 15 is 0 Å². The third kappa shape index (κ3) is 3.94. The van der Waals surface area contributed by atoms with Crippen LogP contribution in [0.15, 0.2) is 41.6 Å². The van der Waals surface area contributed by atoms with Crippen LogP contribution in [-0.4, -0.2) is 59.5 Å². The van der Waals surface area contributed by atoms with Crippen LogP contribution in [0, 0.1) is 5.82 Å². The van der Waals surface area contributed by atoms with Crippen molar-refractivity contribution in [2.45, 2.75) is 17.7 Å². The Balaban J connectivity index is 1.66. The van der Waals surface area contributed by atoms with Gasteiger partial charge in [-0.05, 0) is 18.1 Å². The van der Waals surface area contributed by atoms with Crippen molar-refractivity contribution in [1.82, 2.24) is 19.0 Å². The number of amides is 1. The SMILES string of the molecule is Cn1cc(S(=O)(=O)N2CCCN(C(=O)Cc3ccccc3F)CC2)cn1. The molecule has 9 heteroatoms. The molecule has 1 aliphatic rings. The van der Waals surface area contributed by atoms with Crippen molar-refractivity contribution in [3.05, 3.63) is 48.0 Å². The minimum atomic E-state index is -3.63.